The monoisotopic (exact) mass is 286 g/mol. The van der Waals surface area contributed by atoms with Crippen molar-refractivity contribution in [2.45, 2.75) is 4.44 Å². The maximum absolute atomic E-state index is 2.40. The van der Waals surface area contributed by atoms with E-state index in [0.29, 0.717) is 0 Å². The molecule has 1 aliphatic heterocycles. The summed E-state index contributed by atoms with van der Waals surface area (Å²) in [6.45, 7) is 0. The summed E-state index contributed by atoms with van der Waals surface area (Å²) in [7, 11) is 0. The van der Waals surface area contributed by atoms with Gasteiger partial charge in [0.05, 0.1) is 0 Å². The van der Waals surface area contributed by atoms with Crippen LogP contribution < -0.4 is 3.58 Å². The molecule has 0 amide bonds. The van der Waals surface area contributed by atoms with Gasteiger partial charge in [0.2, 0.25) is 0 Å². The van der Waals surface area contributed by atoms with Gasteiger partial charge in [-0.25, -0.2) is 0 Å². The Hall–Kier alpha value is -0.761. The van der Waals surface area contributed by atoms with Crippen LogP contribution in [0.4, 0.5) is 0 Å². The summed E-state index contributed by atoms with van der Waals surface area (Å²) in [5.41, 5.74) is 1.47. The molecule has 14 heavy (non-hydrogen) atoms. The van der Waals surface area contributed by atoms with E-state index < -0.39 is 0 Å². The van der Waals surface area contributed by atoms with Crippen molar-refractivity contribution >= 4 is 41.6 Å². The molecule has 0 saturated heterocycles. The van der Waals surface area contributed by atoms with Crippen LogP contribution in [0, 0.1) is 0 Å². The molecule has 0 atom stereocenters. The predicted molar refractivity (Wildman–Crippen MR) is 63.2 cm³/mol. The molecule has 0 aromatic heterocycles. The number of fused-ring (bicyclic) bond motifs is 2. The summed E-state index contributed by atoms with van der Waals surface area (Å²) < 4.78 is 3.02. The van der Waals surface area contributed by atoms with E-state index in [2.05, 4.69) is 48.6 Å². The van der Waals surface area contributed by atoms with Crippen LogP contribution in [-0.4, -0.2) is 21.1 Å². The Bertz CT molecular complexity index is 512. The maximum atomic E-state index is 2.40. The van der Waals surface area contributed by atoms with Gasteiger partial charge in [0.25, 0.3) is 0 Å². The zero-order chi connectivity index (χ0) is 9.38. The Morgan fingerprint density at radius 1 is 1.00 bits per heavy atom. The van der Waals surface area contributed by atoms with Crippen molar-refractivity contribution in [3.8, 4) is 0 Å². The van der Waals surface area contributed by atoms with Crippen LogP contribution in [0.15, 0.2) is 42.5 Å². The first-order chi connectivity index (χ1) is 6.93. The summed E-state index contributed by atoms with van der Waals surface area (Å²) in [6.07, 6.45) is 4.62. The first-order valence-electron chi connectivity index (χ1n) is 4.87. The fourth-order valence-electron chi connectivity index (χ4n) is 1.90. The Kier molecular flexibility index (Phi) is 2.09. The Morgan fingerprint density at radius 3 is 2.64 bits per heavy atom. The molecule has 1 heterocycles. The molecule has 2 radical (unpaired) electrons. The summed E-state index contributed by atoms with van der Waals surface area (Å²) in [5, 5.41) is 2.78. The Balaban J connectivity index is 2.34. The van der Waals surface area contributed by atoms with Gasteiger partial charge in [-0.2, -0.15) is 0 Å². The SMILES string of the molecule is C1=Cc2cc3ccccc3c[c]2[Sn][CH2]1. The molecule has 66 valence electrons. The van der Waals surface area contributed by atoms with E-state index in [1.54, 1.807) is 3.58 Å². The fraction of sp³-hybridized carbons (Fsp3) is 0.0769. The molecule has 0 aliphatic carbocycles. The van der Waals surface area contributed by atoms with Crippen molar-refractivity contribution in [2.75, 3.05) is 0 Å². The van der Waals surface area contributed by atoms with Crippen LogP contribution in [0.25, 0.3) is 16.8 Å². The number of rotatable bonds is 0. The molecule has 1 aliphatic rings. The van der Waals surface area contributed by atoms with Crippen molar-refractivity contribution < 1.29 is 0 Å². The average molecular weight is 285 g/mol. The van der Waals surface area contributed by atoms with E-state index in [-0.39, 0.29) is 21.1 Å². The van der Waals surface area contributed by atoms with Gasteiger partial charge in [0, 0.05) is 0 Å². The number of hydrogen-bond acceptors (Lipinski definition) is 0. The summed E-state index contributed by atoms with van der Waals surface area (Å²) in [4.78, 5) is 0. The van der Waals surface area contributed by atoms with E-state index in [0.717, 1.165) is 0 Å². The quantitative estimate of drug-likeness (QED) is 0.653. The molecule has 0 N–H and O–H groups in total. The summed E-state index contributed by atoms with van der Waals surface area (Å²) in [5.74, 6) is 0. The fourth-order valence-corrected chi connectivity index (χ4v) is 4.97. The van der Waals surface area contributed by atoms with Gasteiger partial charge < -0.3 is 0 Å². The van der Waals surface area contributed by atoms with Crippen LogP contribution in [-0.2, 0) is 0 Å². The number of hydrogen-bond donors (Lipinski definition) is 0. The van der Waals surface area contributed by atoms with Gasteiger partial charge in [0.15, 0.2) is 0 Å². The molecule has 0 unspecified atom stereocenters. The molecular weight excluding hydrogens is 275 g/mol. The normalized spacial score (nSPS) is 14.3. The topological polar surface area (TPSA) is 0 Å². The van der Waals surface area contributed by atoms with Gasteiger partial charge in [-0.05, 0) is 0 Å². The zero-order valence-electron chi connectivity index (χ0n) is 7.83. The second-order valence-electron chi connectivity index (χ2n) is 3.57. The second kappa shape index (κ2) is 3.43. The Labute approximate surface area is 93.9 Å². The first-order valence-corrected chi connectivity index (χ1v) is 8.31. The van der Waals surface area contributed by atoms with Crippen molar-refractivity contribution in [2.24, 2.45) is 0 Å². The average Bonchev–Trinajstić information content (AvgIpc) is 2.26. The van der Waals surface area contributed by atoms with Crippen LogP contribution >= 0.6 is 0 Å². The van der Waals surface area contributed by atoms with E-state index >= 15 is 0 Å². The molecule has 0 nitrogen and oxygen atoms in total. The Morgan fingerprint density at radius 2 is 1.79 bits per heavy atom. The molecule has 2 aromatic carbocycles. The van der Waals surface area contributed by atoms with E-state index in [1.807, 2.05) is 0 Å². The van der Waals surface area contributed by atoms with Gasteiger partial charge in [-0.1, -0.05) is 0 Å². The van der Waals surface area contributed by atoms with Gasteiger partial charge in [-0.3, -0.25) is 0 Å². The molecule has 0 saturated carbocycles. The van der Waals surface area contributed by atoms with Crippen molar-refractivity contribution in [3.63, 3.8) is 0 Å². The van der Waals surface area contributed by atoms with Crippen molar-refractivity contribution in [1.82, 2.24) is 0 Å². The zero-order valence-corrected chi connectivity index (χ0v) is 10.7. The third-order valence-electron chi connectivity index (χ3n) is 2.63. The third kappa shape index (κ3) is 1.38. The van der Waals surface area contributed by atoms with E-state index in [9.17, 15) is 0 Å². The number of benzene rings is 2. The molecule has 1 heteroatoms. The van der Waals surface area contributed by atoms with E-state index in [4.69, 9.17) is 0 Å². The molecular formula is C13H10Sn. The van der Waals surface area contributed by atoms with Crippen LogP contribution in [0.5, 0.6) is 0 Å². The number of allylic oxidation sites excluding steroid dienone is 1. The van der Waals surface area contributed by atoms with Gasteiger partial charge in [-0.15, -0.1) is 0 Å². The van der Waals surface area contributed by atoms with Crippen molar-refractivity contribution in [1.29, 1.82) is 0 Å². The molecule has 0 fully saturated rings. The van der Waals surface area contributed by atoms with Crippen molar-refractivity contribution in [3.05, 3.63) is 48.0 Å². The minimum absolute atomic E-state index is 0.289. The summed E-state index contributed by atoms with van der Waals surface area (Å²) >= 11 is -0.289. The first kappa shape index (κ1) is 8.54. The standard InChI is InChI=1S/C13H10.Sn/c1-2-5-11-8-9-12-6-3-4-7-13(12)10-11;/h2-7,9-10H,1H2;. The van der Waals surface area contributed by atoms with Gasteiger partial charge >= 0.3 is 94.0 Å². The molecule has 0 spiro atoms. The summed E-state index contributed by atoms with van der Waals surface area (Å²) in [6, 6.07) is 13.4. The van der Waals surface area contributed by atoms with E-state index in [1.165, 1.54) is 20.8 Å². The molecule has 2 aromatic rings. The third-order valence-corrected chi connectivity index (χ3v) is 6.20. The molecule has 3 rings (SSSR count). The van der Waals surface area contributed by atoms with Crippen LogP contribution in [0.1, 0.15) is 5.56 Å². The minimum atomic E-state index is -0.289. The van der Waals surface area contributed by atoms with Gasteiger partial charge in [0.1, 0.15) is 0 Å². The second-order valence-corrected chi connectivity index (χ2v) is 7.28. The van der Waals surface area contributed by atoms with Crippen LogP contribution in [0.3, 0.4) is 0 Å². The molecule has 0 bridgehead atoms. The van der Waals surface area contributed by atoms with Crippen LogP contribution in [0.2, 0.25) is 4.44 Å². The predicted octanol–water partition coefficient (Wildman–Crippen LogP) is 2.61.